The quantitative estimate of drug-likeness (QED) is 0.784. The van der Waals surface area contributed by atoms with Crippen molar-refractivity contribution >= 4 is 0 Å². The van der Waals surface area contributed by atoms with E-state index < -0.39 is 0 Å². The Labute approximate surface area is 114 Å². The molecule has 0 saturated heterocycles. The zero-order chi connectivity index (χ0) is 14.0. The minimum Gasteiger partial charge on any atom is -0.314 e. The van der Waals surface area contributed by atoms with Crippen LogP contribution in [0.4, 0.5) is 0 Å². The topological polar surface area (TPSA) is 24.1 Å². The van der Waals surface area contributed by atoms with E-state index in [1.54, 1.807) is 0 Å². The molecule has 2 atom stereocenters. The largest absolute Gasteiger partial charge is 0.314 e. The highest BCUT2D eigenvalue weighted by Crippen LogP contribution is 2.45. The average Bonchev–Trinajstić information content (AvgIpc) is 2.10. The summed E-state index contributed by atoms with van der Waals surface area (Å²) in [6.45, 7) is 17.4. The maximum absolute atomic E-state index is 3.75. The number of hydrogen-bond donors (Lipinski definition) is 2. The van der Waals surface area contributed by atoms with Gasteiger partial charge in [-0.1, -0.05) is 48.5 Å². The molecule has 1 saturated carbocycles. The van der Waals surface area contributed by atoms with Crippen molar-refractivity contribution in [2.45, 2.75) is 85.9 Å². The van der Waals surface area contributed by atoms with E-state index in [0.717, 1.165) is 6.54 Å². The third kappa shape index (κ3) is 5.27. The van der Waals surface area contributed by atoms with E-state index in [2.05, 4.69) is 59.1 Å². The van der Waals surface area contributed by atoms with Crippen LogP contribution in [-0.4, -0.2) is 24.7 Å². The van der Waals surface area contributed by atoms with Crippen LogP contribution < -0.4 is 10.6 Å². The average molecular weight is 254 g/mol. The molecule has 18 heavy (non-hydrogen) atoms. The van der Waals surface area contributed by atoms with Crippen molar-refractivity contribution in [2.24, 2.45) is 10.8 Å². The van der Waals surface area contributed by atoms with Gasteiger partial charge in [0.05, 0.1) is 0 Å². The summed E-state index contributed by atoms with van der Waals surface area (Å²) in [5.41, 5.74) is 0.886. The first-order valence-electron chi connectivity index (χ1n) is 7.61. The molecule has 1 aliphatic rings. The Morgan fingerprint density at radius 1 is 1.00 bits per heavy atom. The minimum atomic E-state index is 0.429. The van der Waals surface area contributed by atoms with E-state index in [0.29, 0.717) is 29.0 Å². The summed E-state index contributed by atoms with van der Waals surface area (Å²) in [6.07, 6.45) is 3.94. The van der Waals surface area contributed by atoms with Gasteiger partial charge in [0.25, 0.3) is 0 Å². The molecule has 1 rings (SSSR count). The first-order valence-corrected chi connectivity index (χ1v) is 7.61. The lowest BCUT2D eigenvalue weighted by Crippen LogP contribution is -2.50. The maximum Gasteiger partial charge on any atom is 0.00801 e. The molecular weight excluding hydrogens is 220 g/mol. The van der Waals surface area contributed by atoms with E-state index in [4.69, 9.17) is 0 Å². The van der Waals surface area contributed by atoms with Gasteiger partial charge < -0.3 is 10.6 Å². The fourth-order valence-corrected chi connectivity index (χ4v) is 3.81. The van der Waals surface area contributed by atoms with Crippen molar-refractivity contribution in [3.8, 4) is 0 Å². The molecule has 0 radical (unpaired) electrons. The van der Waals surface area contributed by atoms with Crippen LogP contribution in [0.15, 0.2) is 0 Å². The van der Waals surface area contributed by atoms with Gasteiger partial charge in [0.15, 0.2) is 0 Å². The molecule has 0 aromatic heterocycles. The molecule has 0 amide bonds. The van der Waals surface area contributed by atoms with Gasteiger partial charge in [0, 0.05) is 24.7 Å². The Morgan fingerprint density at radius 2 is 1.61 bits per heavy atom. The predicted octanol–water partition coefficient (Wildman–Crippen LogP) is 3.57. The Balaban J connectivity index is 2.66. The van der Waals surface area contributed by atoms with E-state index >= 15 is 0 Å². The van der Waals surface area contributed by atoms with E-state index in [1.165, 1.54) is 19.3 Å². The molecule has 1 fully saturated rings. The predicted molar refractivity (Wildman–Crippen MR) is 80.9 cm³/mol. The first kappa shape index (κ1) is 16.0. The molecule has 2 N–H and O–H groups in total. The number of nitrogens with one attached hydrogen (secondary N) is 2. The lowest BCUT2D eigenvalue weighted by molar-refractivity contribution is 0.0661. The van der Waals surface area contributed by atoms with Gasteiger partial charge in [0.2, 0.25) is 0 Å². The van der Waals surface area contributed by atoms with E-state index in [1.807, 2.05) is 0 Å². The highest BCUT2D eigenvalue weighted by Gasteiger charge is 2.41. The second kappa shape index (κ2) is 5.92. The molecule has 0 unspecified atom stereocenters. The Morgan fingerprint density at radius 3 is 2.11 bits per heavy atom. The Hall–Kier alpha value is -0.0800. The molecule has 0 bridgehead atoms. The van der Waals surface area contributed by atoms with Gasteiger partial charge in [-0.25, -0.2) is 0 Å². The summed E-state index contributed by atoms with van der Waals surface area (Å²) in [5, 5.41) is 7.39. The summed E-state index contributed by atoms with van der Waals surface area (Å²) in [7, 11) is 0. The normalized spacial score (nSPS) is 32.2. The fourth-order valence-electron chi connectivity index (χ4n) is 3.81. The highest BCUT2D eigenvalue weighted by molar-refractivity contribution is 4.95. The SMILES string of the molecule is CC(C)NC[C@@]1(C)C[C@@H](NC(C)C)CC(C)(C)C1. The molecule has 0 heterocycles. The second-order valence-corrected chi connectivity index (χ2v) is 8.11. The Kier molecular flexibility index (Phi) is 5.25. The van der Waals surface area contributed by atoms with E-state index in [9.17, 15) is 0 Å². The summed E-state index contributed by atoms with van der Waals surface area (Å²) in [5.74, 6) is 0. The van der Waals surface area contributed by atoms with Gasteiger partial charge >= 0.3 is 0 Å². The third-order valence-corrected chi connectivity index (χ3v) is 3.95. The fraction of sp³-hybridized carbons (Fsp3) is 1.00. The first-order chi connectivity index (χ1) is 8.12. The van der Waals surface area contributed by atoms with Crippen LogP contribution in [0.1, 0.15) is 67.7 Å². The monoisotopic (exact) mass is 254 g/mol. The zero-order valence-corrected chi connectivity index (χ0v) is 13.6. The summed E-state index contributed by atoms with van der Waals surface area (Å²) in [4.78, 5) is 0. The molecular formula is C16H34N2. The van der Waals surface area contributed by atoms with Gasteiger partial charge in [-0.2, -0.15) is 0 Å². The molecule has 1 aliphatic carbocycles. The highest BCUT2D eigenvalue weighted by atomic mass is 15.0. The lowest BCUT2D eigenvalue weighted by Gasteiger charge is -2.48. The molecule has 0 aromatic carbocycles. The van der Waals surface area contributed by atoms with Crippen LogP contribution in [0.2, 0.25) is 0 Å². The lowest BCUT2D eigenvalue weighted by atomic mass is 9.62. The van der Waals surface area contributed by atoms with Crippen LogP contribution in [0.3, 0.4) is 0 Å². The zero-order valence-electron chi connectivity index (χ0n) is 13.6. The van der Waals surface area contributed by atoms with Crippen molar-refractivity contribution < 1.29 is 0 Å². The molecule has 108 valence electrons. The molecule has 2 nitrogen and oxygen atoms in total. The van der Waals surface area contributed by atoms with Crippen molar-refractivity contribution in [1.82, 2.24) is 10.6 Å². The van der Waals surface area contributed by atoms with E-state index in [-0.39, 0.29) is 0 Å². The molecule has 0 aromatic rings. The van der Waals surface area contributed by atoms with Crippen molar-refractivity contribution in [3.63, 3.8) is 0 Å². The maximum atomic E-state index is 3.75. The standard InChI is InChI=1S/C16H34N2/c1-12(2)17-11-16(7)9-14(18-13(3)4)8-15(5,6)10-16/h12-14,17-18H,8-11H2,1-7H3/t14-,16-/m0/s1. The van der Waals surface area contributed by atoms with Crippen molar-refractivity contribution in [1.29, 1.82) is 0 Å². The third-order valence-electron chi connectivity index (χ3n) is 3.95. The van der Waals surface area contributed by atoms with Crippen molar-refractivity contribution in [2.75, 3.05) is 6.54 Å². The van der Waals surface area contributed by atoms with Crippen LogP contribution in [0, 0.1) is 10.8 Å². The second-order valence-electron chi connectivity index (χ2n) is 8.11. The molecule has 2 heteroatoms. The summed E-state index contributed by atoms with van der Waals surface area (Å²) in [6, 6.07) is 1.85. The van der Waals surface area contributed by atoms with Crippen LogP contribution in [0.25, 0.3) is 0 Å². The van der Waals surface area contributed by atoms with Crippen LogP contribution in [0.5, 0.6) is 0 Å². The van der Waals surface area contributed by atoms with Crippen LogP contribution in [-0.2, 0) is 0 Å². The minimum absolute atomic E-state index is 0.429. The number of hydrogen-bond acceptors (Lipinski definition) is 2. The summed E-state index contributed by atoms with van der Waals surface area (Å²) < 4.78 is 0. The van der Waals surface area contributed by atoms with Gasteiger partial charge in [-0.3, -0.25) is 0 Å². The van der Waals surface area contributed by atoms with Crippen molar-refractivity contribution in [3.05, 3.63) is 0 Å². The Bertz CT molecular complexity index is 258. The van der Waals surface area contributed by atoms with Crippen LogP contribution >= 0.6 is 0 Å². The molecule has 0 spiro atoms. The summed E-state index contributed by atoms with van der Waals surface area (Å²) >= 11 is 0. The van der Waals surface area contributed by atoms with Gasteiger partial charge in [-0.05, 0) is 30.1 Å². The molecule has 0 aliphatic heterocycles. The smallest absolute Gasteiger partial charge is 0.00801 e. The van der Waals surface area contributed by atoms with Gasteiger partial charge in [-0.15, -0.1) is 0 Å². The number of rotatable bonds is 5. The van der Waals surface area contributed by atoms with Gasteiger partial charge in [0.1, 0.15) is 0 Å².